The van der Waals surface area contributed by atoms with E-state index in [1.165, 1.54) is 42.2 Å². The fraction of sp³-hybridized carbons (Fsp3) is 0.306. The van der Waals surface area contributed by atoms with E-state index < -0.39 is 47.2 Å². The molecule has 0 aliphatic heterocycles. The van der Waals surface area contributed by atoms with Gasteiger partial charge in [0.1, 0.15) is 23.6 Å². The molecule has 0 saturated heterocycles. The number of likely N-dealkylation sites (N-methyl/N-ethyl adjacent to an activating group) is 1. The summed E-state index contributed by atoms with van der Waals surface area (Å²) >= 11 is 0. The molecule has 0 aliphatic rings. The minimum absolute atomic E-state index is 0.0201. The zero-order valence-corrected chi connectivity index (χ0v) is 27.9. The first-order valence-corrected chi connectivity index (χ1v) is 15.6. The first-order valence-electron chi connectivity index (χ1n) is 15.6. The minimum atomic E-state index is -4.70. The summed E-state index contributed by atoms with van der Waals surface area (Å²) in [6.45, 7) is 8.52. The van der Waals surface area contributed by atoms with E-state index in [1.807, 2.05) is 19.9 Å². The van der Waals surface area contributed by atoms with Crippen LogP contribution in [0.2, 0.25) is 0 Å². The van der Waals surface area contributed by atoms with E-state index in [0.717, 1.165) is 12.1 Å². The van der Waals surface area contributed by atoms with Crippen molar-refractivity contribution in [1.29, 1.82) is 5.26 Å². The second-order valence-electron chi connectivity index (χ2n) is 10.5. The van der Waals surface area contributed by atoms with Crippen LogP contribution in [-0.4, -0.2) is 47.6 Å². The Bertz CT molecular complexity index is 1680. The molecule has 3 aromatic rings. The van der Waals surface area contributed by atoms with E-state index in [9.17, 15) is 31.9 Å². The largest absolute Gasteiger partial charge is 0.416 e. The third-order valence-corrected chi connectivity index (χ3v) is 7.09. The first kappa shape index (κ1) is 39.7. The van der Waals surface area contributed by atoms with Gasteiger partial charge in [-0.05, 0) is 68.8 Å². The number of hydrogen-bond acceptors (Lipinski definition) is 6. The summed E-state index contributed by atoms with van der Waals surface area (Å²) in [6, 6.07) is 18.1. The molecule has 0 aliphatic carbocycles. The van der Waals surface area contributed by atoms with Crippen molar-refractivity contribution in [3.05, 3.63) is 113 Å². The highest BCUT2D eigenvalue weighted by Crippen LogP contribution is 2.29. The summed E-state index contributed by atoms with van der Waals surface area (Å²) in [6.07, 6.45) is -4.84. The molecule has 0 heterocycles. The van der Waals surface area contributed by atoms with Crippen LogP contribution in [-0.2, 0) is 22.2 Å². The highest BCUT2D eigenvalue weighted by atomic mass is 19.4. The van der Waals surface area contributed by atoms with Crippen molar-refractivity contribution in [2.24, 2.45) is 16.6 Å². The number of aliphatic imine (C=N–C) groups is 1. The summed E-state index contributed by atoms with van der Waals surface area (Å²) in [5.74, 6) is -3.53. The maximum atomic E-state index is 14.3. The molecule has 0 saturated carbocycles. The number of amides is 3. The molecule has 4 N–H and O–H groups in total. The van der Waals surface area contributed by atoms with Gasteiger partial charge in [0.05, 0.1) is 23.9 Å². The van der Waals surface area contributed by atoms with Crippen LogP contribution in [0.5, 0.6) is 0 Å². The number of alkyl halides is 3. The van der Waals surface area contributed by atoms with Gasteiger partial charge in [-0.3, -0.25) is 19.3 Å². The maximum Gasteiger partial charge on any atom is 0.416 e. The molecule has 2 atom stereocenters. The van der Waals surface area contributed by atoms with Crippen molar-refractivity contribution < 1.29 is 31.9 Å². The van der Waals surface area contributed by atoms with E-state index in [1.54, 1.807) is 44.2 Å². The summed E-state index contributed by atoms with van der Waals surface area (Å²) in [5, 5.41) is 14.2. The normalized spacial score (nSPS) is 13.0. The monoisotopic (exact) mass is 680 g/mol. The summed E-state index contributed by atoms with van der Waals surface area (Å²) < 4.78 is 53.8. The van der Waals surface area contributed by atoms with E-state index in [0.29, 0.717) is 22.9 Å². The average molecular weight is 681 g/mol. The number of benzene rings is 3. The molecule has 49 heavy (non-hydrogen) atoms. The van der Waals surface area contributed by atoms with Gasteiger partial charge >= 0.3 is 6.18 Å². The van der Waals surface area contributed by atoms with Crippen LogP contribution in [0.4, 0.5) is 23.2 Å². The fourth-order valence-corrected chi connectivity index (χ4v) is 4.37. The molecule has 13 heteroatoms. The summed E-state index contributed by atoms with van der Waals surface area (Å²) in [4.78, 5) is 45.7. The predicted octanol–water partition coefficient (Wildman–Crippen LogP) is 6.30. The molecule has 3 amide bonds. The molecule has 3 rings (SSSR count). The highest BCUT2D eigenvalue weighted by Gasteiger charge is 2.33. The third-order valence-electron chi connectivity index (χ3n) is 7.09. The van der Waals surface area contributed by atoms with E-state index >= 15 is 0 Å². The standard InChI is InChI=1S/C34H34F4N6O3.C2H6/c1-4-44(30(42-27-11-6-5-7-12-27)22(3)28(40)20-41-31(45)21(2)19-39)33(47)29(17-23-13-15-26(35)16-14-23)43-32(46)24-9-8-10-25(18-24)34(36,37)38;1-2/h5-16,18,21,29H,4,17,20,40H2,1-3H3,(H,41,45)(H,43,46);1-2H3/b28-22-,42-30?;. The number of rotatable bonds is 11. The van der Waals surface area contributed by atoms with Crippen molar-refractivity contribution in [2.75, 3.05) is 13.1 Å². The highest BCUT2D eigenvalue weighted by molar-refractivity contribution is 6.11. The number of para-hydroxylation sites is 1. The van der Waals surface area contributed by atoms with E-state index in [-0.39, 0.29) is 36.6 Å². The maximum absolute atomic E-state index is 14.3. The first-order chi connectivity index (χ1) is 23.2. The van der Waals surface area contributed by atoms with Crippen LogP contribution in [0.15, 0.2) is 95.1 Å². The van der Waals surface area contributed by atoms with E-state index in [2.05, 4.69) is 15.6 Å². The Balaban J connectivity index is 0.00000409. The molecule has 3 aromatic carbocycles. The summed E-state index contributed by atoms with van der Waals surface area (Å²) in [7, 11) is 0. The molecule has 0 spiro atoms. The molecule has 0 aromatic heterocycles. The number of carbonyl (C=O) groups excluding carboxylic acids is 3. The molecule has 0 fully saturated rings. The van der Waals surface area contributed by atoms with E-state index in [4.69, 9.17) is 11.0 Å². The third kappa shape index (κ3) is 11.6. The fourth-order valence-electron chi connectivity index (χ4n) is 4.37. The van der Waals surface area contributed by atoms with Gasteiger partial charge in [-0.25, -0.2) is 9.38 Å². The van der Waals surface area contributed by atoms with Crippen LogP contribution in [0, 0.1) is 23.1 Å². The Morgan fingerprint density at radius 1 is 1.00 bits per heavy atom. The Morgan fingerprint density at radius 3 is 2.20 bits per heavy atom. The molecular weight excluding hydrogens is 640 g/mol. The second kappa shape index (κ2) is 18.7. The lowest BCUT2D eigenvalue weighted by Crippen LogP contribution is -2.52. The van der Waals surface area contributed by atoms with Crippen molar-refractivity contribution in [3.8, 4) is 6.07 Å². The number of nitrogens with zero attached hydrogens (tertiary/aromatic N) is 3. The number of hydrogen-bond donors (Lipinski definition) is 3. The Hall–Kier alpha value is -5.51. The van der Waals surface area contributed by atoms with Gasteiger partial charge in [0.25, 0.3) is 11.8 Å². The van der Waals surface area contributed by atoms with Gasteiger partial charge in [0.2, 0.25) is 5.91 Å². The smallest absolute Gasteiger partial charge is 0.400 e. The van der Waals surface area contributed by atoms with Gasteiger partial charge in [-0.15, -0.1) is 0 Å². The van der Waals surface area contributed by atoms with Gasteiger partial charge in [-0.2, -0.15) is 18.4 Å². The topological polar surface area (TPSA) is 141 Å². The predicted molar refractivity (Wildman–Crippen MR) is 180 cm³/mol. The number of amidine groups is 1. The zero-order valence-electron chi connectivity index (χ0n) is 27.9. The molecular formula is C36H40F4N6O3. The second-order valence-corrected chi connectivity index (χ2v) is 10.5. The molecule has 2 unspecified atom stereocenters. The average Bonchev–Trinajstić information content (AvgIpc) is 3.11. The van der Waals surface area contributed by atoms with Crippen LogP contribution in [0.25, 0.3) is 0 Å². The summed E-state index contributed by atoms with van der Waals surface area (Å²) in [5.41, 5.74) is 6.34. The number of nitrogens with one attached hydrogen (secondary N) is 2. The van der Waals surface area contributed by atoms with Crippen molar-refractivity contribution in [2.45, 2.75) is 53.3 Å². The lowest BCUT2D eigenvalue weighted by atomic mass is 10.0. The molecule has 9 nitrogen and oxygen atoms in total. The van der Waals surface area contributed by atoms with Crippen molar-refractivity contribution in [3.63, 3.8) is 0 Å². The van der Waals surface area contributed by atoms with Crippen LogP contribution < -0.4 is 16.4 Å². The van der Waals surface area contributed by atoms with Crippen LogP contribution in [0.1, 0.15) is 56.1 Å². The van der Waals surface area contributed by atoms with Crippen molar-refractivity contribution in [1.82, 2.24) is 15.5 Å². The Labute approximate surface area is 283 Å². The number of nitriles is 1. The van der Waals surface area contributed by atoms with Gasteiger partial charge in [-0.1, -0.05) is 50.2 Å². The molecule has 0 radical (unpaired) electrons. The number of nitrogens with two attached hydrogens (primary N) is 1. The lowest BCUT2D eigenvalue weighted by molar-refractivity contribution is -0.137. The zero-order chi connectivity index (χ0) is 36.7. The lowest BCUT2D eigenvalue weighted by Gasteiger charge is -2.29. The Kier molecular flexibility index (Phi) is 15.2. The molecule has 260 valence electrons. The Morgan fingerprint density at radius 2 is 1.63 bits per heavy atom. The van der Waals surface area contributed by atoms with Crippen LogP contribution in [0.3, 0.4) is 0 Å². The number of halogens is 4. The van der Waals surface area contributed by atoms with Gasteiger partial charge < -0.3 is 16.4 Å². The van der Waals surface area contributed by atoms with Crippen LogP contribution >= 0.6 is 0 Å². The van der Waals surface area contributed by atoms with Gasteiger partial charge in [0.15, 0.2) is 0 Å². The minimum Gasteiger partial charge on any atom is -0.400 e. The number of carbonyl (C=O) groups is 3. The SMILES string of the molecule is CC.CCN(C(=O)C(Cc1ccc(F)cc1)NC(=O)c1cccc(C(F)(F)F)c1)C(=Nc1ccccc1)/C(C)=C(\N)CNC(=O)C(C)C#N. The quantitative estimate of drug-likeness (QED) is 0.124. The van der Waals surface area contributed by atoms with Gasteiger partial charge in [0, 0.05) is 29.8 Å². The molecule has 0 bridgehead atoms. The van der Waals surface area contributed by atoms with Crippen molar-refractivity contribution >= 4 is 29.2 Å².